The van der Waals surface area contributed by atoms with Gasteiger partial charge in [-0.1, -0.05) is 30.4 Å². The van der Waals surface area contributed by atoms with Gasteiger partial charge in [-0.15, -0.1) is 0 Å². The van der Waals surface area contributed by atoms with E-state index in [2.05, 4.69) is 5.32 Å². The summed E-state index contributed by atoms with van der Waals surface area (Å²) in [5.41, 5.74) is 8.03. The quantitative estimate of drug-likeness (QED) is 0.536. The van der Waals surface area contributed by atoms with Crippen molar-refractivity contribution < 1.29 is 21.8 Å². The molecule has 3 N–H and O–H groups in total. The van der Waals surface area contributed by atoms with Crippen LogP contribution in [0.15, 0.2) is 48.7 Å². The lowest BCUT2D eigenvalue weighted by Crippen LogP contribution is -3.00. The molecule has 4 nitrogen and oxygen atoms in total. The third-order valence-corrected chi connectivity index (χ3v) is 3.15. The van der Waals surface area contributed by atoms with Crippen molar-refractivity contribution in [2.24, 2.45) is 5.73 Å². The molecule has 0 aliphatic carbocycles. The summed E-state index contributed by atoms with van der Waals surface area (Å²) in [5, 5.41) is 2.84. The van der Waals surface area contributed by atoms with Crippen LogP contribution in [0, 0.1) is 6.92 Å². The molecule has 0 fully saturated rings. The van der Waals surface area contributed by atoms with Crippen molar-refractivity contribution in [2.75, 3.05) is 5.32 Å². The molecule has 1 amide bonds. The van der Waals surface area contributed by atoms with E-state index in [1.165, 1.54) is 0 Å². The number of hydrogen-bond donors (Lipinski definition) is 2. The van der Waals surface area contributed by atoms with Crippen LogP contribution in [0.2, 0.25) is 0 Å². The summed E-state index contributed by atoms with van der Waals surface area (Å²) >= 11 is 4.92. The molecule has 0 saturated heterocycles. The summed E-state index contributed by atoms with van der Waals surface area (Å²) in [5.74, 6) is -0.0932. The Hall–Kier alpha value is -1.98. The average Bonchev–Trinajstić information content (AvgIpc) is 2.41. The monoisotopic (exact) mass is 321 g/mol. The third kappa shape index (κ3) is 4.81. The Bertz CT molecular complexity index is 661. The second kappa shape index (κ2) is 7.71. The van der Waals surface area contributed by atoms with E-state index < -0.39 is 0 Å². The third-order valence-electron chi connectivity index (χ3n) is 2.91. The standard InChI is InChI=1S/C15H15N3OS.ClH/c1-11-5-2-3-8-18(11)10-14(19)17-13-7-4-6-12(9-13)15(16)20;/h2-9H,10H2,1H3,(H2-,16,17,19,20);1H. The van der Waals surface area contributed by atoms with Gasteiger partial charge in [-0.2, -0.15) is 4.57 Å². The fourth-order valence-corrected chi connectivity index (χ4v) is 1.97. The normalized spacial score (nSPS) is 9.57. The Labute approximate surface area is 135 Å². The first-order chi connectivity index (χ1) is 9.56. The maximum atomic E-state index is 12.0. The molecule has 1 aromatic carbocycles. The minimum absolute atomic E-state index is 0. The van der Waals surface area contributed by atoms with Crippen molar-refractivity contribution in [3.05, 3.63) is 59.9 Å². The number of nitrogens with two attached hydrogens (primary N) is 1. The molecule has 1 heterocycles. The maximum Gasteiger partial charge on any atom is 0.290 e. The second-order valence-electron chi connectivity index (χ2n) is 4.46. The van der Waals surface area contributed by atoms with Gasteiger partial charge in [0, 0.05) is 30.3 Å². The molecule has 21 heavy (non-hydrogen) atoms. The predicted octanol–water partition coefficient (Wildman–Crippen LogP) is -1.44. The number of nitrogens with one attached hydrogen (secondary N) is 1. The van der Waals surface area contributed by atoms with Gasteiger partial charge in [-0.3, -0.25) is 4.79 Å². The zero-order chi connectivity index (χ0) is 14.5. The van der Waals surface area contributed by atoms with E-state index in [0.717, 1.165) is 11.3 Å². The highest BCUT2D eigenvalue weighted by Crippen LogP contribution is 2.10. The van der Waals surface area contributed by atoms with Crippen LogP contribution < -0.4 is 28.0 Å². The molecule has 110 valence electrons. The molecule has 0 bridgehead atoms. The molecule has 0 atom stereocenters. The van der Waals surface area contributed by atoms with E-state index in [0.29, 0.717) is 10.7 Å². The van der Waals surface area contributed by atoms with Crippen LogP contribution in [0.5, 0.6) is 0 Å². The van der Waals surface area contributed by atoms with E-state index in [1.54, 1.807) is 6.07 Å². The zero-order valence-electron chi connectivity index (χ0n) is 11.5. The number of thiocarbonyl (C=S) groups is 1. The molecular formula is C15H16ClN3OS. The fourth-order valence-electron chi connectivity index (χ4n) is 1.84. The van der Waals surface area contributed by atoms with Crippen molar-refractivity contribution in [2.45, 2.75) is 13.5 Å². The van der Waals surface area contributed by atoms with Crippen LogP contribution in [0.4, 0.5) is 5.69 Å². The number of benzene rings is 1. The highest BCUT2D eigenvalue weighted by molar-refractivity contribution is 7.80. The number of nitrogens with zero attached hydrogens (tertiary/aromatic N) is 1. The summed E-state index contributed by atoms with van der Waals surface area (Å²) < 4.78 is 1.88. The van der Waals surface area contributed by atoms with Crippen LogP contribution in [0.1, 0.15) is 11.3 Å². The number of carbonyl (C=O) groups excluding carboxylic acids is 1. The van der Waals surface area contributed by atoms with Gasteiger partial charge in [0.15, 0.2) is 11.9 Å². The largest absolute Gasteiger partial charge is 1.00 e. The number of aryl methyl sites for hydroxylation is 1. The number of hydrogen-bond acceptors (Lipinski definition) is 2. The summed E-state index contributed by atoms with van der Waals surface area (Å²) in [7, 11) is 0. The number of aromatic nitrogens is 1. The Kier molecular flexibility index (Phi) is 6.27. The Morgan fingerprint density at radius 2 is 2.05 bits per heavy atom. The van der Waals surface area contributed by atoms with Crippen molar-refractivity contribution in [1.82, 2.24) is 0 Å². The van der Waals surface area contributed by atoms with Gasteiger partial charge >= 0.3 is 0 Å². The number of halogens is 1. The van der Waals surface area contributed by atoms with Crippen LogP contribution in [-0.4, -0.2) is 10.9 Å². The van der Waals surface area contributed by atoms with Crippen molar-refractivity contribution in [1.29, 1.82) is 0 Å². The first-order valence-corrected chi connectivity index (χ1v) is 6.62. The van der Waals surface area contributed by atoms with Crippen LogP contribution in [-0.2, 0) is 11.3 Å². The molecule has 0 radical (unpaired) electrons. The number of amides is 1. The van der Waals surface area contributed by atoms with Crippen molar-refractivity contribution >= 4 is 28.8 Å². The molecule has 6 heteroatoms. The topological polar surface area (TPSA) is 59.0 Å². The summed E-state index contributed by atoms with van der Waals surface area (Å²) in [4.78, 5) is 12.3. The summed E-state index contributed by atoms with van der Waals surface area (Å²) in [6.07, 6.45) is 1.88. The number of carbonyl (C=O) groups is 1. The lowest BCUT2D eigenvalue weighted by atomic mass is 10.2. The fraction of sp³-hybridized carbons (Fsp3) is 0.133. The Morgan fingerprint density at radius 3 is 2.71 bits per heavy atom. The van der Waals surface area contributed by atoms with Gasteiger partial charge in [-0.25, -0.2) is 0 Å². The predicted molar refractivity (Wildman–Crippen MR) is 82.3 cm³/mol. The lowest BCUT2D eigenvalue weighted by molar-refractivity contribution is -0.690. The first-order valence-electron chi connectivity index (χ1n) is 6.21. The van der Waals surface area contributed by atoms with E-state index in [-0.39, 0.29) is 24.9 Å². The minimum atomic E-state index is -0.0932. The van der Waals surface area contributed by atoms with E-state index in [4.69, 9.17) is 18.0 Å². The zero-order valence-corrected chi connectivity index (χ0v) is 13.1. The highest BCUT2D eigenvalue weighted by atomic mass is 35.5. The van der Waals surface area contributed by atoms with Gasteiger partial charge in [0.1, 0.15) is 4.99 Å². The van der Waals surface area contributed by atoms with Gasteiger partial charge in [0.25, 0.3) is 5.91 Å². The number of pyridine rings is 1. The molecule has 2 aromatic rings. The van der Waals surface area contributed by atoms with Crippen LogP contribution >= 0.6 is 12.2 Å². The van der Waals surface area contributed by atoms with Gasteiger partial charge in [0.05, 0.1) is 0 Å². The molecule has 2 rings (SSSR count). The summed E-state index contributed by atoms with van der Waals surface area (Å²) in [6, 6.07) is 13.0. The summed E-state index contributed by atoms with van der Waals surface area (Å²) in [6.45, 7) is 2.23. The van der Waals surface area contributed by atoms with Gasteiger partial charge < -0.3 is 23.5 Å². The molecular weight excluding hydrogens is 306 g/mol. The van der Waals surface area contributed by atoms with Gasteiger partial charge in [0.2, 0.25) is 6.54 Å². The SMILES string of the molecule is Cc1cccc[n+]1CC(=O)Nc1cccc(C(N)=S)c1.[Cl-]. The second-order valence-corrected chi connectivity index (χ2v) is 4.90. The molecule has 0 unspecified atom stereocenters. The van der Waals surface area contributed by atoms with Crippen molar-refractivity contribution in [3.63, 3.8) is 0 Å². The molecule has 0 saturated carbocycles. The van der Waals surface area contributed by atoms with E-state index >= 15 is 0 Å². The Morgan fingerprint density at radius 1 is 1.29 bits per heavy atom. The molecule has 0 spiro atoms. The van der Waals surface area contributed by atoms with Crippen molar-refractivity contribution in [3.8, 4) is 0 Å². The van der Waals surface area contributed by atoms with E-state index in [1.807, 2.05) is 54.1 Å². The number of anilines is 1. The molecule has 0 aliphatic rings. The average molecular weight is 322 g/mol. The molecule has 0 aliphatic heterocycles. The Balaban J connectivity index is 0.00000220. The van der Waals surface area contributed by atoms with E-state index in [9.17, 15) is 4.79 Å². The smallest absolute Gasteiger partial charge is 0.290 e. The van der Waals surface area contributed by atoms with Crippen LogP contribution in [0.3, 0.4) is 0 Å². The lowest BCUT2D eigenvalue weighted by Gasteiger charge is -2.06. The van der Waals surface area contributed by atoms with Gasteiger partial charge in [-0.05, 0) is 12.1 Å². The highest BCUT2D eigenvalue weighted by Gasteiger charge is 2.12. The maximum absolute atomic E-state index is 12.0. The number of rotatable bonds is 4. The minimum Gasteiger partial charge on any atom is -1.00 e. The molecule has 1 aromatic heterocycles. The van der Waals surface area contributed by atoms with Crippen LogP contribution in [0.25, 0.3) is 0 Å². The first kappa shape index (κ1) is 17.1.